The van der Waals surface area contributed by atoms with Crippen molar-refractivity contribution in [3.8, 4) is 11.5 Å². The number of nitrogens with one attached hydrogen (secondary N) is 1. The van der Waals surface area contributed by atoms with E-state index < -0.39 is 0 Å². The molecule has 4 aromatic rings. The SMILES string of the molecule is Cc1c2cnn(CC(=O)NCc3ccc4c(c3)OCO4)c(=O)c2c(C)n1Cc1ccccc1F. The quantitative estimate of drug-likeness (QED) is 0.476. The summed E-state index contributed by atoms with van der Waals surface area (Å²) >= 11 is 0. The minimum absolute atomic E-state index is 0.184. The molecule has 0 radical (unpaired) electrons. The van der Waals surface area contributed by atoms with E-state index in [4.69, 9.17) is 9.47 Å². The van der Waals surface area contributed by atoms with Gasteiger partial charge in [0.15, 0.2) is 11.5 Å². The van der Waals surface area contributed by atoms with Crippen LogP contribution >= 0.6 is 0 Å². The van der Waals surface area contributed by atoms with Gasteiger partial charge in [0.05, 0.1) is 18.1 Å². The largest absolute Gasteiger partial charge is 0.454 e. The van der Waals surface area contributed by atoms with Gasteiger partial charge in [-0.3, -0.25) is 9.59 Å². The average molecular weight is 462 g/mol. The van der Waals surface area contributed by atoms with Crippen LogP contribution in [-0.4, -0.2) is 27.0 Å². The first-order valence-corrected chi connectivity index (χ1v) is 10.9. The van der Waals surface area contributed by atoms with Crippen LogP contribution in [0.15, 0.2) is 53.5 Å². The number of halogens is 1. The Morgan fingerprint density at radius 2 is 1.91 bits per heavy atom. The number of nitrogens with zero attached hydrogens (tertiary/aromatic N) is 3. The Morgan fingerprint density at radius 1 is 1.12 bits per heavy atom. The fraction of sp³-hybridized carbons (Fsp3) is 0.240. The molecule has 1 aliphatic heterocycles. The second-order valence-electron chi connectivity index (χ2n) is 8.21. The number of carbonyl (C=O) groups excluding carboxylic acids is 1. The summed E-state index contributed by atoms with van der Waals surface area (Å²) in [4.78, 5) is 25.7. The number of hydrogen-bond acceptors (Lipinski definition) is 5. The number of fused-ring (bicyclic) bond motifs is 2. The van der Waals surface area contributed by atoms with E-state index in [1.54, 1.807) is 30.5 Å². The third kappa shape index (κ3) is 3.89. The van der Waals surface area contributed by atoms with Gasteiger partial charge in [0, 0.05) is 28.9 Å². The second-order valence-corrected chi connectivity index (χ2v) is 8.21. The Bertz CT molecular complexity index is 1470. The molecule has 0 unspecified atom stereocenters. The summed E-state index contributed by atoms with van der Waals surface area (Å²) in [5.41, 5.74) is 2.55. The average Bonchev–Trinajstić information content (AvgIpc) is 3.39. The summed E-state index contributed by atoms with van der Waals surface area (Å²) in [6.07, 6.45) is 1.59. The van der Waals surface area contributed by atoms with Crippen LogP contribution in [0.25, 0.3) is 10.8 Å². The fourth-order valence-electron chi connectivity index (χ4n) is 4.23. The Balaban J connectivity index is 1.35. The Hall–Kier alpha value is -4.14. The molecular weight excluding hydrogens is 439 g/mol. The van der Waals surface area contributed by atoms with Gasteiger partial charge in [0.25, 0.3) is 5.56 Å². The molecular formula is C25H23FN4O4. The Kier molecular flexibility index (Phi) is 5.53. The van der Waals surface area contributed by atoms with Gasteiger partial charge in [-0.05, 0) is 37.6 Å². The van der Waals surface area contributed by atoms with Gasteiger partial charge in [0.2, 0.25) is 12.7 Å². The molecule has 5 rings (SSSR count). The molecule has 34 heavy (non-hydrogen) atoms. The van der Waals surface area contributed by atoms with Crippen LogP contribution in [0.3, 0.4) is 0 Å². The van der Waals surface area contributed by atoms with E-state index in [2.05, 4.69) is 10.4 Å². The molecule has 0 saturated carbocycles. The highest BCUT2D eigenvalue weighted by Crippen LogP contribution is 2.32. The summed E-state index contributed by atoms with van der Waals surface area (Å²) < 4.78 is 27.9. The molecule has 8 nitrogen and oxygen atoms in total. The van der Waals surface area contributed by atoms with Crippen molar-refractivity contribution in [2.45, 2.75) is 33.5 Å². The minimum Gasteiger partial charge on any atom is -0.454 e. The predicted octanol–water partition coefficient (Wildman–Crippen LogP) is 3.05. The highest BCUT2D eigenvalue weighted by atomic mass is 19.1. The molecule has 0 atom stereocenters. The standard InChI is InChI=1S/C25H23FN4O4/c1-15-19-11-28-30(13-23(31)27-10-17-7-8-21-22(9-17)34-14-33-21)25(32)24(19)16(2)29(15)12-18-5-3-4-6-20(18)26/h3-9,11H,10,12-14H2,1-2H3,(H,27,31). The second kappa shape index (κ2) is 8.66. The van der Waals surface area contributed by atoms with Crippen LogP contribution in [-0.2, 0) is 24.4 Å². The summed E-state index contributed by atoms with van der Waals surface area (Å²) in [6, 6.07) is 12.0. The van der Waals surface area contributed by atoms with Gasteiger partial charge >= 0.3 is 0 Å². The smallest absolute Gasteiger partial charge is 0.276 e. The topological polar surface area (TPSA) is 87.4 Å². The van der Waals surface area contributed by atoms with Crippen LogP contribution < -0.4 is 20.3 Å². The van der Waals surface area contributed by atoms with E-state index in [1.165, 1.54) is 6.07 Å². The molecule has 2 aromatic heterocycles. The normalized spacial score (nSPS) is 12.3. The maximum atomic E-state index is 14.2. The minimum atomic E-state index is -0.358. The zero-order chi connectivity index (χ0) is 23.8. The summed E-state index contributed by atoms with van der Waals surface area (Å²) in [6.45, 7) is 4.25. The van der Waals surface area contributed by atoms with Crippen molar-refractivity contribution in [2.24, 2.45) is 0 Å². The lowest BCUT2D eigenvalue weighted by atomic mass is 10.2. The number of aromatic nitrogens is 3. The maximum absolute atomic E-state index is 14.2. The molecule has 0 fully saturated rings. The van der Waals surface area contributed by atoms with Crippen LogP contribution in [0.2, 0.25) is 0 Å². The van der Waals surface area contributed by atoms with Gasteiger partial charge in [-0.1, -0.05) is 24.3 Å². The highest BCUT2D eigenvalue weighted by molar-refractivity contribution is 5.87. The molecule has 1 aliphatic rings. The lowest BCUT2D eigenvalue weighted by Gasteiger charge is -2.10. The van der Waals surface area contributed by atoms with Gasteiger partial charge in [-0.25, -0.2) is 9.07 Å². The number of ether oxygens (including phenoxy) is 2. The maximum Gasteiger partial charge on any atom is 0.276 e. The van der Waals surface area contributed by atoms with Crippen LogP contribution in [0.1, 0.15) is 22.5 Å². The van der Waals surface area contributed by atoms with Crippen molar-refractivity contribution in [3.63, 3.8) is 0 Å². The number of carbonyl (C=O) groups is 1. The van der Waals surface area contributed by atoms with E-state index in [1.807, 2.05) is 30.5 Å². The van der Waals surface area contributed by atoms with Gasteiger partial charge in [-0.2, -0.15) is 5.10 Å². The monoisotopic (exact) mass is 462 g/mol. The lowest BCUT2D eigenvalue weighted by Crippen LogP contribution is -2.33. The third-order valence-electron chi connectivity index (χ3n) is 6.11. The fourth-order valence-corrected chi connectivity index (χ4v) is 4.23. The van der Waals surface area contributed by atoms with E-state index in [0.29, 0.717) is 40.1 Å². The number of hydrogen-bond donors (Lipinski definition) is 1. The zero-order valence-electron chi connectivity index (χ0n) is 18.8. The van der Waals surface area contributed by atoms with Crippen molar-refractivity contribution in [2.75, 3.05) is 6.79 Å². The highest BCUT2D eigenvalue weighted by Gasteiger charge is 2.18. The van der Waals surface area contributed by atoms with Crippen LogP contribution in [0.5, 0.6) is 11.5 Å². The van der Waals surface area contributed by atoms with E-state index in [9.17, 15) is 14.0 Å². The van der Waals surface area contributed by atoms with Crippen molar-refractivity contribution in [1.82, 2.24) is 19.7 Å². The van der Waals surface area contributed by atoms with E-state index in [-0.39, 0.29) is 37.2 Å². The van der Waals surface area contributed by atoms with Crippen molar-refractivity contribution >= 4 is 16.7 Å². The van der Waals surface area contributed by atoms with Gasteiger partial charge in [-0.15, -0.1) is 0 Å². The van der Waals surface area contributed by atoms with Crippen LogP contribution in [0.4, 0.5) is 4.39 Å². The van der Waals surface area contributed by atoms with Gasteiger partial charge < -0.3 is 19.4 Å². The summed E-state index contributed by atoms with van der Waals surface area (Å²) in [5, 5.41) is 8.18. The molecule has 1 N–H and O–H groups in total. The predicted molar refractivity (Wildman–Crippen MR) is 123 cm³/mol. The molecule has 3 heterocycles. The first-order chi connectivity index (χ1) is 16.4. The molecule has 1 amide bonds. The first kappa shape index (κ1) is 21.7. The van der Waals surface area contributed by atoms with Crippen LogP contribution in [0, 0.1) is 19.7 Å². The van der Waals surface area contributed by atoms with Crippen molar-refractivity contribution < 1.29 is 18.7 Å². The number of amides is 1. The molecule has 0 bridgehead atoms. The Morgan fingerprint density at radius 3 is 2.74 bits per heavy atom. The number of benzene rings is 2. The first-order valence-electron chi connectivity index (χ1n) is 10.9. The van der Waals surface area contributed by atoms with Gasteiger partial charge in [0.1, 0.15) is 12.4 Å². The van der Waals surface area contributed by atoms with Crippen molar-refractivity contribution in [3.05, 3.63) is 87.3 Å². The Labute approximate surface area is 194 Å². The molecule has 0 aliphatic carbocycles. The number of aryl methyl sites for hydroxylation is 2. The lowest BCUT2D eigenvalue weighted by molar-refractivity contribution is -0.122. The summed E-state index contributed by atoms with van der Waals surface area (Å²) in [5.74, 6) is 0.674. The molecule has 0 spiro atoms. The zero-order valence-corrected chi connectivity index (χ0v) is 18.8. The molecule has 174 valence electrons. The molecule has 0 saturated heterocycles. The molecule has 9 heteroatoms. The van der Waals surface area contributed by atoms with Crippen molar-refractivity contribution in [1.29, 1.82) is 0 Å². The molecule has 2 aromatic carbocycles. The third-order valence-corrected chi connectivity index (χ3v) is 6.11. The van der Waals surface area contributed by atoms with E-state index in [0.717, 1.165) is 15.9 Å². The number of rotatable bonds is 6. The van der Waals surface area contributed by atoms with E-state index >= 15 is 0 Å². The summed E-state index contributed by atoms with van der Waals surface area (Å²) in [7, 11) is 0.